The highest BCUT2D eigenvalue weighted by molar-refractivity contribution is 7.86. The smallest absolute Gasteiger partial charge is 0.297 e. The fourth-order valence-corrected chi connectivity index (χ4v) is 8.14. The molecule has 0 atom stereocenters. The molecule has 6 aromatic rings. The van der Waals surface area contributed by atoms with E-state index in [1.165, 1.54) is 53.5 Å². The molecule has 8 rings (SSSR count). The molecule has 4 heterocycles. The van der Waals surface area contributed by atoms with Gasteiger partial charge in [-0.15, -0.1) is 0 Å². The third kappa shape index (κ3) is 9.89. The lowest BCUT2D eigenvalue weighted by atomic mass is 10.1. The average molecular weight is 866 g/mol. The summed E-state index contributed by atoms with van der Waals surface area (Å²) < 4.78 is 84.1. The van der Waals surface area contributed by atoms with Crippen LogP contribution in [0.2, 0.25) is 0 Å². The first-order valence-corrected chi connectivity index (χ1v) is 21.8. The maximum absolute atomic E-state index is 13.7. The van der Waals surface area contributed by atoms with Crippen LogP contribution in [0.25, 0.3) is 12.2 Å². The third-order valence-electron chi connectivity index (χ3n) is 9.43. The fraction of sp³-hybridized carbons (Fsp3) is 0.200. The molecule has 0 saturated carbocycles. The third-order valence-corrected chi connectivity index (χ3v) is 11.3. The summed E-state index contributed by atoms with van der Waals surface area (Å²) in [7, 11) is -9.79. The van der Waals surface area contributed by atoms with Crippen molar-refractivity contribution in [1.82, 2.24) is 29.9 Å². The number of anilines is 9. The zero-order valence-electron chi connectivity index (χ0n) is 32.3. The normalized spacial score (nSPS) is 14.9. The van der Waals surface area contributed by atoms with Crippen LogP contribution in [-0.2, 0) is 29.7 Å². The van der Waals surface area contributed by atoms with Crippen molar-refractivity contribution in [2.24, 2.45) is 0 Å². The van der Waals surface area contributed by atoms with Gasteiger partial charge in [0.15, 0.2) is 0 Å². The van der Waals surface area contributed by atoms with E-state index < -0.39 is 30.0 Å². The number of nitrogens with zero attached hydrogens (tertiary/aromatic N) is 9. The number of aromatic nitrogens is 6. The van der Waals surface area contributed by atoms with E-state index in [-0.39, 0.29) is 52.5 Å². The fourth-order valence-electron chi connectivity index (χ4n) is 6.60. The maximum atomic E-state index is 13.7. The van der Waals surface area contributed by atoms with Gasteiger partial charge in [0.05, 0.1) is 32.1 Å². The zero-order chi connectivity index (χ0) is 42.4. The Morgan fingerprint density at radius 1 is 0.541 bits per heavy atom. The van der Waals surface area contributed by atoms with Crippen molar-refractivity contribution in [2.75, 3.05) is 77.9 Å². The van der Waals surface area contributed by atoms with Crippen LogP contribution in [0.5, 0.6) is 0 Å². The first kappa shape index (κ1) is 41.1. The SMILES string of the molecule is O=S(=O)(O)c1ccccc1C=Cc1cccc(N(c2nc(Nc3ccccc3)nc(N3CCOCC3)n2)c2nc(Nc3ccccc3)nc(N3CCOCC3)n2)c1S(=O)(=O)O. The first-order valence-electron chi connectivity index (χ1n) is 19.0. The molecular formula is C40H39N11O8S2. The van der Waals surface area contributed by atoms with E-state index in [0.717, 1.165) is 0 Å². The van der Waals surface area contributed by atoms with E-state index in [0.29, 0.717) is 64.0 Å². The summed E-state index contributed by atoms with van der Waals surface area (Å²) in [6.07, 6.45) is 2.61. The molecule has 314 valence electrons. The van der Waals surface area contributed by atoms with Crippen molar-refractivity contribution >= 4 is 85.1 Å². The monoisotopic (exact) mass is 865 g/mol. The van der Waals surface area contributed by atoms with Crippen LogP contribution >= 0.6 is 0 Å². The van der Waals surface area contributed by atoms with Gasteiger partial charge in [-0.3, -0.25) is 9.11 Å². The van der Waals surface area contributed by atoms with Crippen LogP contribution in [0, 0.1) is 0 Å². The molecule has 61 heavy (non-hydrogen) atoms. The van der Waals surface area contributed by atoms with Crippen molar-refractivity contribution in [2.45, 2.75) is 9.79 Å². The number of morpholine rings is 2. The summed E-state index contributed by atoms with van der Waals surface area (Å²) in [5, 5.41) is 6.44. The van der Waals surface area contributed by atoms with Crippen molar-refractivity contribution in [1.29, 1.82) is 0 Å². The van der Waals surface area contributed by atoms with Gasteiger partial charge in [0, 0.05) is 37.6 Å². The van der Waals surface area contributed by atoms with Gasteiger partial charge in [0.2, 0.25) is 35.7 Å². The lowest BCUT2D eigenvalue weighted by Crippen LogP contribution is -2.38. The van der Waals surface area contributed by atoms with Crippen LogP contribution in [0.3, 0.4) is 0 Å². The quantitative estimate of drug-likeness (QED) is 0.0845. The minimum Gasteiger partial charge on any atom is -0.378 e. The van der Waals surface area contributed by atoms with Gasteiger partial charge in [-0.05, 0) is 47.5 Å². The van der Waals surface area contributed by atoms with Crippen LogP contribution in [0.15, 0.2) is 113 Å². The van der Waals surface area contributed by atoms with Crippen molar-refractivity contribution in [3.63, 3.8) is 0 Å². The van der Waals surface area contributed by atoms with Crippen LogP contribution in [0.4, 0.5) is 52.8 Å². The first-order chi connectivity index (χ1) is 29.5. The molecule has 2 saturated heterocycles. The predicted octanol–water partition coefficient (Wildman–Crippen LogP) is 5.35. The molecule has 2 aliphatic heterocycles. The van der Waals surface area contributed by atoms with E-state index in [1.54, 1.807) is 6.07 Å². The second-order valence-corrected chi connectivity index (χ2v) is 16.3. The molecule has 0 spiro atoms. The number of rotatable bonds is 13. The second-order valence-electron chi connectivity index (χ2n) is 13.6. The minimum atomic E-state index is -5.13. The van der Waals surface area contributed by atoms with Crippen molar-refractivity contribution in [3.8, 4) is 0 Å². The molecule has 4 aromatic carbocycles. The van der Waals surface area contributed by atoms with Crippen molar-refractivity contribution < 1.29 is 35.4 Å². The second kappa shape index (κ2) is 17.9. The summed E-state index contributed by atoms with van der Waals surface area (Å²) in [4.78, 5) is 32.9. The summed E-state index contributed by atoms with van der Waals surface area (Å²) in [6.45, 7) is 3.36. The van der Waals surface area contributed by atoms with Crippen LogP contribution in [-0.4, -0.2) is 108 Å². The number of ether oxygens (including phenoxy) is 2. The summed E-state index contributed by atoms with van der Waals surface area (Å²) >= 11 is 0. The molecule has 0 aliphatic carbocycles. The molecule has 0 unspecified atom stereocenters. The molecule has 0 amide bonds. The predicted molar refractivity (Wildman–Crippen MR) is 228 cm³/mol. The number of hydrogen-bond acceptors (Lipinski definition) is 17. The summed E-state index contributed by atoms with van der Waals surface area (Å²) in [5.74, 6) is 0.379. The van der Waals surface area contributed by atoms with E-state index in [1.807, 2.05) is 70.5 Å². The molecule has 2 aliphatic rings. The Bertz CT molecular complexity index is 2650. The summed E-state index contributed by atoms with van der Waals surface area (Å²) in [5.41, 5.74) is 1.12. The van der Waals surface area contributed by atoms with Gasteiger partial charge in [-0.25, -0.2) is 4.90 Å². The van der Waals surface area contributed by atoms with Gasteiger partial charge in [0.1, 0.15) is 9.79 Å². The number of nitrogens with one attached hydrogen (secondary N) is 2. The Kier molecular flexibility index (Phi) is 12.1. The lowest BCUT2D eigenvalue weighted by molar-refractivity contribution is 0.122. The maximum Gasteiger partial charge on any atom is 0.297 e. The minimum absolute atomic E-state index is 0.0574. The van der Waals surface area contributed by atoms with Crippen LogP contribution in [0.1, 0.15) is 11.1 Å². The molecule has 0 bridgehead atoms. The number of benzene rings is 4. The van der Waals surface area contributed by atoms with E-state index in [4.69, 9.17) is 39.4 Å². The highest BCUT2D eigenvalue weighted by Crippen LogP contribution is 2.39. The molecule has 2 fully saturated rings. The van der Waals surface area contributed by atoms with E-state index >= 15 is 0 Å². The number of para-hydroxylation sites is 2. The highest BCUT2D eigenvalue weighted by Gasteiger charge is 2.31. The summed E-state index contributed by atoms with van der Waals surface area (Å²) in [6, 6.07) is 28.4. The largest absolute Gasteiger partial charge is 0.378 e. The van der Waals surface area contributed by atoms with Gasteiger partial charge in [-0.2, -0.15) is 46.7 Å². The topological polar surface area (TPSA) is 238 Å². The Hall–Kier alpha value is -6.62. The highest BCUT2D eigenvalue weighted by atomic mass is 32.2. The molecule has 19 nitrogen and oxygen atoms in total. The lowest BCUT2D eigenvalue weighted by Gasteiger charge is -2.30. The Morgan fingerprint density at radius 2 is 1.00 bits per heavy atom. The number of hydrogen-bond donors (Lipinski definition) is 4. The molecule has 0 radical (unpaired) electrons. The zero-order valence-corrected chi connectivity index (χ0v) is 33.9. The average Bonchev–Trinajstić information content (AvgIpc) is 3.26. The van der Waals surface area contributed by atoms with Gasteiger partial charge >= 0.3 is 0 Å². The van der Waals surface area contributed by atoms with Crippen LogP contribution < -0.4 is 25.3 Å². The van der Waals surface area contributed by atoms with E-state index in [2.05, 4.69) is 10.6 Å². The van der Waals surface area contributed by atoms with E-state index in [9.17, 15) is 25.9 Å². The van der Waals surface area contributed by atoms with Gasteiger partial charge in [-0.1, -0.05) is 78.9 Å². The standard InChI is InChI=1S/C40H39N11O8S2/c52-60(53,54)33-17-8-7-10-28(33)18-19-29-11-9-16-32(34(29)61(55,56)57)51(39-45-35(41-30-12-3-1-4-13-30)43-37(47-39)49-20-24-58-25-21-49)40-46-36(42-31-14-5-2-6-15-31)44-38(48-40)50-22-26-59-27-23-50/h1-19H,20-27H2,(H,52,53,54)(H,55,56,57)(H,41,43,45,47)(H,42,44,46,48). The molecule has 21 heteroatoms. The Labute approximate surface area is 351 Å². The van der Waals surface area contributed by atoms with Gasteiger partial charge < -0.3 is 29.9 Å². The Balaban J connectivity index is 1.38. The molecule has 2 aromatic heterocycles. The molecular weight excluding hydrogens is 827 g/mol. The van der Waals surface area contributed by atoms with Gasteiger partial charge in [0.25, 0.3) is 20.2 Å². The van der Waals surface area contributed by atoms with Crippen molar-refractivity contribution in [3.05, 3.63) is 114 Å². The Morgan fingerprint density at radius 3 is 1.49 bits per heavy atom. The molecule has 4 N–H and O–H groups in total.